The molecular formula is C66H76BNO4. The first-order chi connectivity index (χ1) is 34.3. The molecule has 7 rings (SSSR count). The Morgan fingerprint density at radius 2 is 1.25 bits per heavy atom. The Bertz CT molecular complexity index is 2880. The molecule has 1 atom stereocenters. The highest BCUT2D eigenvalue weighted by molar-refractivity contribution is 6.37. The molecule has 5 nitrogen and oxygen atoms in total. The fourth-order valence-electron chi connectivity index (χ4n) is 10.5. The van der Waals surface area contributed by atoms with Crippen molar-refractivity contribution in [2.24, 2.45) is 5.41 Å². The smallest absolute Gasteiger partial charge is 0.202 e. The summed E-state index contributed by atoms with van der Waals surface area (Å²) in [6.07, 6.45) is 15.1. The molecule has 0 fully saturated rings. The van der Waals surface area contributed by atoms with Crippen molar-refractivity contribution in [1.29, 1.82) is 0 Å². The molecule has 1 unspecified atom stereocenters. The van der Waals surface area contributed by atoms with Gasteiger partial charge in [-0.3, -0.25) is 0 Å². The number of rotatable bonds is 14. The second-order valence-electron chi connectivity index (χ2n) is 20.4. The second-order valence-corrected chi connectivity index (χ2v) is 20.4. The molecule has 0 aliphatic heterocycles. The van der Waals surface area contributed by atoms with Crippen LogP contribution in [0.5, 0.6) is 23.0 Å². The zero-order valence-electron chi connectivity index (χ0n) is 44.6. The Labute approximate surface area is 433 Å². The van der Waals surface area contributed by atoms with Gasteiger partial charge in [-0.05, 0) is 129 Å². The van der Waals surface area contributed by atoms with E-state index in [1.54, 1.807) is 4.90 Å². The van der Waals surface area contributed by atoms with Crippen LogP contribution < -0.4 is 10.4 Å². The van der Waals surface area contributed by atoms with Crippen molar-refractivity contribution in [2.45, 2.75) is 112 Å². The van der Waals surface area contributed by atoms with Gasteiger partial charge < -0.3 is 25.3 Å². The predicted octanol–water partition coefficient (Wildman–Crippen LogP) is 16.8. The highest BCUT2D eigenvalue weighted by atomic mass is 16.3. The van der Waals surface area contributed by atoms with E-state index in [1.165, 1.54) is 33.4 Å². The third-order valence-electron chi connectivity index (χ3n) is 14.2. The molecule has 6 aromatic rings. The lowest BCUT2D eigenvalue weighted by atomic mass is 9.68. The van der Waals surface area contributed by atoms with Gasteiger partial charge in [0.2, 0.25) is 5.75 Å². The van der Waals surface area contributed by atoms with Crippen LogP contribution >= 0.6 is 0 Å². The Balaban J connectivity index is 0.00000235. The van der Waals surface area contributed by atoms with E-state index in [0.717, 1.165) is 41.5 Å². The fraction of sp³-hybridized carbons (Fsp3) is 0.273. The number of aromatic hydroxyl groups is 4. The molecule has 0 saturated carbocycles. The molecule has 1 aliphatic rings. The monoisotopic (exact) mass is 958 g/mol. The highest BCUT2D eigenvalue weighted by Gasteiger charge is 2.47. The first-order valence-corrected chi connectivity index (χ1v) is 25.1. The van der Waals surface area contributed by atoms with Gasteiger partial charge in [0.15, 0.2) is 11.5 Å². The molecule has 0 bridgehead atoms. The maximum absolute atomic E-state index is 11.6. The molecule has 0 amide bonds. The van der Waals surface area contributed by atoms with E-state index in [1.807, 2.05) is 75.4 Å². The number of hydrogen-bond donors (Lipinski definition) is 4. The van der Waals surface area contributed by atoms with Crippen molar-refractivity contribution in [2.75, 3.05) is 4.90 Å². The zero-order valence-corrected chi connectivity index (χ0v) is 44.6. The van der Waals surface area contributed by atoms with Gasteiger partial charge in [-0.2, -0.15) is 0 Å². The molecule has 0 aromatic heterocycles. The van der Waals surface area contributed by atoms with E-state index in [2.05, 4.69) is 184 Å². The molecule has 4 N–H and O–H groups in total. The van der Waals surface area contributed by atoms with Crippen LogP contribution in [0.1, 0.15) is 127 Å². The third-order valence-corrected chi connectivity index (χ3v) is 14.2. The summed E-state index contributed by atoms with van der Waals surface area (Å²) in [6, 6.07) is 43.9. The topological polar surface area (TPSA) is 84.2 Å². The first-order valence-electron chi connectivity index (χ1n) is 25.1. The Morgan fingerprint density at radius 1 is 0.694 bits per heavy atom. The van der Waals surface area contributed by atoms with Crippen LogP contribution in [-0.4, -0.2) is 28.3 Å². The Kier molecular flexibility index (Phi) is 18.1. The summed E-state index contributed by atoms with van der Waals surface area (Å²) in [5, 5.41) is 44.8. The molecule has 2 radical (unpaired) electrons. The van der Waals surface area contributed by atoms with Crippen LogP contribution in [0.25, 0.3) is 11.6 Å². The van der Waals surface area contributed by atoms with Gasteiger partial charge in [0.25, 0.3) is 0 Å². The number of phenolic OH excluding ortho intramolecular Hbond substituents is 4. The number of hydrogen-bond acceptors (Lipinski definition) is 5. The number of phenols is 4. The van der Waals surface area contributed by atoms with Gasteiger partial charge in [-0.1, -0.05) is 208 Å². The molecule has 72 heavy (non-hydrogen) atoms. The van der Waals surface area contributed by atoms with Gasteiger partial charge in [0.1, 0.15) is 19.3 Å². The summed E-state index contributed by atoms with van der Waals surface area (Å²) in [4.78, 5) is 1.66. The van der Waals surface area contributed by atoms with Gasteiger partial charge in [0.05, 0.1) is 0 Å². The SMILES string of the molecule is C=C.CC.[B]c1c(O)c(O)c(O)c(N(c2ccc(/C(=C/C=C\C)CCC(C)(c3ccccc3)c3ccccc3)cc2)c2ccc(C)c(/C=C/C3=C(C=C)C(C)(C)CC3(C)c3ccccc3C(C)(C)C)c2)c1O. The molecule has 6 aromatic carbocycles. The Morgan fingerprint density at radius 3 is 1.81 bits per heavy atom. The van der Waals surface area contributed by atoms with E-state index in [4.69, 9.17) is 7.85 Å². The zero-order chi connectivity index (χ0) is 53.2. The van der Waals surface area contributed by atoms with Crippen molar-refractivity contribution in [3.63, 3.8) is 0 Å². The lowest BCUT2D eigenvalue weighted by Gasteiger charge is -2.35. The molecule has 1 aliphatic carbocycles. The van der Waals surface area contributed by atoms with Crippen molar-refractivity contribution in [1.82, 2.24) is 0 Å². The summed E-state index contributed by atoms with van der Waals surface area (Å²) in [5.74, 6) is -2.92. The van der Waals surface area contributed by atoms with Crippen molar-refractivity contribution >= 4 is 42.0 Å². The van der Waals surface area contributed by atoms with Crippen molar-refractivity contribution < 1.29 is 20.4 Å². The van der Waals surface area contributed by atoms with Crippen LogP contribution in [0.4, 0.5) is 17.1 Å². The van der Waals surface area contributed by atoms with Gasteiger partial charge in [0, 0.05) is 22.2 Å². The summed E-state index contributed by atoms with van der Waals surface area (Å²) >= 11 is 0. The number of allylic oxidation sites excluding steroid dienone is 8. The molecule has 6 heteroatoms. The lowest BCUT2D eigenvalue weighted by Crippen LogP contribution is -2.28. The Hall–Kier alpha value is -7.18. The summed E-state index contributed by atoms with van der Waals surface area (Å²) in [6.45, 7) is 34.4. The van der Waals surface area contributed by atoms with Crippen LogP contribution in [0.3, 0.4) is 0 Å². The van der Waals surface area contributed by atoms with Crippen LogP contribution in [0, 0.1) is 12.3 Å². The van der Waals surface area contributed by atoms with Gasteiger partial charge in [-0.25, -0.2) is 0 Å². The molecule has 0 saturated heterocycles. The quantitative estimate of drug-likeness (QED) is 0.0287. The highest BCUT2D eigenvalue weighted by Crippen LogP contribution is 2.57. The maximum atomic E-state index is 11.6. The average Bonchev–Trinajstić information content (AvgIpc) is 3.60. The molecular weight excluding hydrogens is 882 g/mol. The van der Waals surface area contributed by atoms with Crippen molar-refractivity contribution in [3.05, 3.63) is 228 Å². The number of nitrogens with zero attached hydrogens (tertiary/aromatic N) is 1. The van der Waals surface area contributed by atoms with Crippen LogP contribution in [0.15, 0.2) is 189 Å². The van der Waals surface area contributed by atoms with Gasteiger partial charge in [-0.15, -0.1) is 13.2 Å². The molecule has 0 spiro atoms. The summed E-state index contributed by atoms with van der Waals surface area (Å²) in [7, 11) is 6.20. The normalized spacial score (nSPS) is 15.7. The number of anilines is 3. The maximum Gasteiger partial charge on any atom is 0.202 e. The average molecular weight is 958 g/mol. The lowest BCUT2D eigenvalue weighted by molar-refractivity contribution is 0.365. The number of benzene rings is 6. The second kappa shape index (κ2) is 23.4. The molecule has 372 valence electrons. The minimum atomic E-state index is -0.830. The van der Waals surface area contributed by atoms with E-state index in [9.17, 15) is 20.4 Å². The van der Waals surface area contributed by atoms with E-state index in [0.29, 0.717) is 11.4 Å². The summed E-state index contributed by atoms with van der Waals surface area (Å²) in [5.41, 5.74) is 11.3. The third kappa shape index (κ3) is 11.3. The predicted molar refractivity (Wildman–Crippen MR) is 309 cm³/mol. The van der Waals surface area contributed by atoms with Crippen molar-refractivity contribution in [3.8, 4) is 23.0 Å². The minimum absolute atomic E-state index is 0.0676. The molecule has 0 heterocycles. The van der Waals surface area contributed by atoms with E-state index in [-0.39, 0.29) is 27.3 Å². The summed E-state index contributed by atoms with van der Waals surface area (Å²) < 4.78 is 0. The van der Waals surface area contributed by atoms with Gasteiger partial charge >= 0.3 is 0 Å². The largest absolute Gasteiger partial charge is 0.506 e. The van der Waals surface area contributed by atoms with Crippen LogP contribution in [-0.2, 0) is 16.2 Å². The van der Waals surface area contributed by atoms with Crippen LogP contribution in [0.2, 0.25) is 0 Å². The first kappa shape index (κ1) is 55.7. The minimum Gasteiger partial charge on any atom is -0.506 e. The fourth-order valence-corrected chi connectivity index (χ4v) is 10.5. The van der Waals surface area contributed by atoms with E-state index < -0.39 is 28.5 Å². The van der Waals surface area contributed by atoms with E-state index >= 15 is 0 Å². The standard InChI is InChI=1S/C62H66BNO4.C2H6.C2H4/c1-11-13-22-42(37-38-61(9,45-23-16-14-17-24-45)46-25-18-15-19-26-46)43-30-34-47(35-31-43)64(54-55(65)53(63)56(66)58(68)57(54)67)48-33-29-41(3)44(39-48)32-36-52-49(12-2)60(7,8)40-62(52,10)51-28-21-20-27-50(51)59(4,5)6;2*1-2/h11-36,39,65-68H,2,37-38,40H2,1,3-10H3;1-2H3;1-2H2/b13-11-,36-32+,42-22+;;. The number of aryl methyl sites for hydroxylation is 1.